The second-order valence-corrected chi connectivity index (χ2v) is 4.47. The minimum atomic E-state index is -0.234. The zero-order valence-corrected chi connectivity index (χ0v) is 10.9. The lowest BCUT2D eigenvalue weighted by molar-refractivity contribution is -0.118. The van der Waals surface area contributed by atoms with Gasteiger partial charge < -0.3 is 16.2 Å². The van der Waals surface area contributed by atoms with E-state index in [1.165, 1.54) is 5.56 Å². The first kappa shape index (κ1) is 14.5. The molecule has 0 aliphatic carbocycles. The van der Waals surface area contributed by atoms with Gasteiger partial charge in [-0.1, -0.05) is 19.1 Å². The first-order valence-corrected chi connectivity index (χ1v) is 6.34. The summed E-state index contributed by atoms with van der Waals surface area (Å²) < 4.78 is 5.49. The lowest BCUT2D eigenvalue weighted by Gasteiger charge is -2.13. The van der Waals surface area contributed by atoms with Gasteiger partial charge in [-0.2, -0.15) is 0 Å². The average Bonchev–Trinajstić information content (AvgIpc) is 2.36. The van der Waals surface area contributed by atoms with Crippen molar-refractivity contribution in [1.82, 2.24) is 0 Å². The molecular weight excluding hydrogens is 228 g/mol. The van der Waals surface area contributed by atoms with Crippen molar-refractivity contribution in [2.75, 3.05) is 13.2 Å². The Bertz CT molecular complexity index is 380. The zero-order valence-electron chi connectivity index (χ0n) is 10.9. The van der Waals surface area contributed by atoms with Gasteiger partial charge in [0.05, 0.1) is 0 Å². The van der Waals surface area contributed by atoms with Crippen LogP contribution >= 0.6 is 0 Å². The highest BCUT2D eigenvalue weighted by Crippen LogP contribution is 2.24. The topological polar surface area (TPSA) is 78.3 Å². The molecule has 0 heterocycles. The third-order valence-electron chi connectivity index (χ3n) is 2.87. The van der Waals surface area contributed by atoms with Gasteiger partial charge in [-0.3, -0.25) is 4.79 Å². The minimum absolute atomic E-state index is 0.234. The number of rotatable bonds is 8. The van der Waals surface area contributed by atoms with Gasteiger partial charge in [0.15, 0.2) is 0 Å². The van der Waals surface area contributed by atoms with Crippen LogP contribution in [0.3, 0.4) is 0 Å². The van der Waals surface area contributed by atoms with Gasteiger partial charge in [0.2, 0.25) is 5.91 Å². The van der Waals surface area contributed by atoms with E-state index in [4.69, 9.17) is 16.2 Å². The first-order valence-electron chi connectivity index (χ1n) is 6.34. The molecule has 1 aromatic carbocycles. The Morgan fingerprint density at radius 3 is 2.89 bits per heavy atom. The van der Waals surface area contributed by atoms with Crippen LogP contribution in [0.25, 0.3) is 0 Å². The summed E-state index contributed by atoms with van der Waals surface area (Å²) in [5, 5.41) is 0. The van der Waals surface area contributed by atoms with Crippen LogP contribution in [0.1, 0.15) is 37.7 Å². The minimum Gasteiger partial charge on any atom is -0.492 e. The third kappa shape index (κ3) is 5.19. The van der Waals surface area contributed by atoms with E-state index >= 15 is 0 Å². The fraction of sp³-hybridized carbons (Fsp3) is 0.500. The number of amides is 1. The van der Waals surface area contributed by atoms with Crippen LogP contribution in [0, 0.1) is 0 Å². The number of ether oxygens (including phenoxy) is 1. The van der Waals surface area contributed by atoms with E-state index in [0.717, 1.165) is 18.6 Å². The molecule has 0 radical (unpaired) electrons. The average molecular weight is 250 g/mol. The summed E-state index contributed by atoms with van der Waals surface area (Å²) in [5.74, 6) is 1.01. The van der Waals surface area contributed by atoms with Crippen LogP contribution < -0.4 is 16.2 Å². The highest BCUT2D eigenvalue weighted by Gasteiger charge is 2.07. The van der Waals surface area contributed by atoms with Gasteiger partial charge in [0.1, 0.15) is 12.4 Å². The molecule has 4 nitrogen and oxygen atoms in total. The molecule has 0 saturated heterocycles. The van der Waals surface area contributed by atoms with Gasteiger partial charge >= 0.3 is 0 Å². The summed E-state index contributed by atoms with van der Waals surface area (Å²) in [6.45, 7) is 3.18. The molecule has 1 atom stereocenters. The number of hydrogen-bond donors (Lipinski definition) is 2. The molecule has 0 saturated carbocycles. The fourth-order valence-corrected chi connectivity index (χ4v) is 1.84. The Balaban J connectivity index is 2.51. The number of primary amides is 1. The summed E-state index contributed by atoms with van der Waals surface area (Å²) in [7, 11) is 0. The van der Waals surface area contributed by atoms with Gasteiger partial charge in [-0.15, -0.1) is 0 Å². The molecule has 0 bridgehead atoms. The summed E-state index contributed by atoms with van der Waals surface area (Å²) >= 11 is 0. The van der Waals surface area contributed by atoms with Crippen molar-refractivity contribution in [3.63, 3.8) is 0 Å². The van der Waals surface area contributed by atoms with E-state index in [1.54, 1.807) is 0 Å². The van der Waals surface area contributed by atoms with Crippen molar-refractivity contribution in [2.24, 2.45) is 11.5 Å². The molecule has 1 amide bonds. The van der Waals surface area contributed by atoms with Crippen LogP contribution in [0.5, 0.6) is 5.75 Å². The highest BCUT2D eigenvalue weighted by molar-refractivity contribution is 5.73. The normalized spacial score (nSPS) is 12.1. The Morgan fingerprint density at radius 1 is 1.44 bits per heavy atom. The predicted molar refractivity (Wildman–Crippen MR) is 72.5 cm³/mol. The van der Waals surface area contributed by atoms with E-state index in [-0.39, 0.29) is 5.91 Å². The van der Waals surface area contributed by atoms with Crippen LogP contribution in [-0.2, 0) is 4.79 Å². The number of hydrogen-bond acceptors (Lipinski definition) is 3. The molecule has 100 valence electrons. The Kier molecular flexibility index (Phi) is 6.22. The maximum Gasteiger partial charge on any atom is 0.217 e. The highest BCUT2D eigenvalue weighted by atomic mass is 16.5. The fourth-order valence-electron chi connectivity index (χ4n) is 1.84. The van der Waals surface area contributed by atoms with Crippen LogP contribution in [0.4, 0.5) is 0 Å². The van der Waals surface area contributed by atoms with Crippen molar-refractivity contribution < 1.29 is 9.53 Å². The maximum absolute atomic E-state index is 10.7. The Hall–Kier alpha value is -1.55. The molecule has 0 aliphatic rings. The van der Waals surface area contributed by atoms with Gasteiger partial charge in [-0.05, 0) is 36.5 Å². The molecule has 1 aromatic rings. The summed E-state index contributed by atoms with van der Waals surface area (Å²) in [4.78, 5) is 10.7. The van der Waals surface area contributed by atoms with Crippen LogP contribution in [-0.4, -0.2) is 19.1 Å². The van der Waals surface area contributed by atoms with E-state index < -0.39 is 0 Å². The molecule has 0 aliphatic heterocycles. The standard InChI is InChI=1S/C14H22N2O2/c1-11(4-2-7-14(16)17)12-5-3-6-13(10-12)18-9-8-15/h3,5-6,10-11H,2,4,7-9,15H2,1H3,(H2,16,17). The molecule has 1 unspecified atom stereocenters. The lowest BCUT2D eigenvalue weighted by Crippen LogP contribution is -2.11. The first-order chi connectivity index (χ1) is 8.63. The molecule has 4 heteroatoms. The van der Waals surface area contributed by atoms with Crippen molar-refractivity contribution in [3.8, 4) is 5.75 Å². The quantitative estimate of drug-likeness (QED) is 0.738. The Morgan fingerprint density at radius 2 is 2.22 bits per heavy atom. The van der Waals surface area contributed by atoms with Crippen molar-refractivity contribution >= 4 is 5.91 Å². The predicted octanol–water partition coefficient (Wildman–Crippen LogP) is 1.78. The summed E-state index contributed by atoms with van der Waals surface area (Å²) in [5.41, 5.74) is 11.7. The van der Waals surface area contributed by atoms with Crippen molar-refractivity contribution in [3.05, 3.63) is 29.8 Å². The SMILES string of the molecule is CC(CCCC(N)=O)c1cccc(OCCN)c1. The smallest absolute Gasteiger partial charge is 0.217 e. The molecule has 1 rings (SSSR count). The Labute approximate surface area is 108 Å². The van der Waals surface area contributed by atoms with Crippen molar-refractivity contribution in [1.29, 1.82) is 0 Å². The summed E-state index contributed by atoms with van der Waals surface area (Å²) in [6, 6.07) is 8.01. The number of carbonyl (C=O) groups excluding carboxylic acids is 1. The molecule has 0 spiro atoms. The van der Waals surface area contributed by atoms with Gasteiger partial charge in [0, 0.05) is 13.0 Å². The van der Waals surface area contributed by atoms with E-state index in [9.17, 15) is 4.79 Å². The molecule has 0 fully saturated rings. The van der Waals surface area contributed by atoms with E-state index in [0.29, 0.717) is 25.5 Å². The number of carbonyl (C=O) groups is 1. The van der Waals surface area contributed by atoms with Crippen LogP contribution in [0.15, 0.2) is 24.3 Å². The van der Waals surface area contributed by atoms with E-state index in [2.05, 4.69) is 13.0 Å². The van der Waals surface area contributed by atoms with Crippen molar-refractivity contribution in [2.45, 2.75) is 32.1 Å². The third-order valence-corrected chi connectivity index (χ3v) is 2.87. The second kappa shape index (κ2) is 7.71. The van der Waals surface area contributed by atoms with Crippen LogP contribution in [0.2, 0.25) is 0 Å². The largest absolute Gasteiger partial charge is 0.492 e. The lowest BCUT2D eigenvalue weighted by atomic mass is 9.95. The second-order valence-electron chi connectivity index (χ2n) is 4.47. The molecule has 18 heavy (non-hydrogen) atoms. The van der Waals surface area contributed by atoms with Gasteiger partial charge in [-0.25, -0.2) is 0 Å². The van der Waals surface area contributed by atoms with E-state index in [1.807, 2.05) is 18.2 Å². The monoisotopic (exact) mass is 250 g/mol. The van der Waals surface area contributed by atoms with Gasteiger partial charge in [0.25, 0.3) is 0 Å². The molecule has 4 N–H and O–H groups in total. The summed E-state index contributed by atoms with van der Waals surface area (Å²) in [6.07, 6.45) is 2.22. The molecular formula is C14H22N2O2. The number of nitrogens with two attached hydrogens (primary N) is 2. The zero-order chi connectivity index (χ0) is 13.4. The molecule has 0 aromatic heterocycles. The number of benzene rings is 1. The maximum atomic E-state index is 10.7.